The van der Waals surface area contributed by atoms with Crippen LogP contribution in [0.3, 0.4) is 0 Å². The topological polar surface area (TPSA) is 43.7 Å². The van der Waals surface area contributed by atoms with E-state index in [0.29, 0.717) is 12.3 Å². The molecule has 0 amide bonds. The van der Waals surface area contributed by atoms with Gasteiger partial charge in [0, 0.05) is 6.61 Å². The van der Waals surface area contributed by atoms with Crippen molar-refractivity contribution in [1.29, 1.82) is 0 Å². The van der Waals surface area contributed by atoms with Crippen molar-refractivity contribution in [3.63, 3.8) is 0 Å². The Morgan fingerprint density at radius 1 is 1.03 bits per heavy atom. The molecule has 0 aromatic heterocycles. The van der Waals surface area contributed by atoms with Gasteiger partial charge in [0.05, 0.1) is 0 Å². The van der Waals surface area contributed by atoms with Crippen molar-refractivity contribution in [1.82, 2.24) is 4.90 Å². The average Bonchev–Trinajstić information content (AvgIpc) is 2.87. The lowest BCUT2D eigenvalue weighted by molar-refractivity contribution is 0.222. The molecule has 1 aliphatic rings. The van der Waals surface area contributed by atoms with Crippen molar-refractivity contribution >= 4 is 11.1 Å². The predicted octanol–water partition coefficient (Wildman–Crippen LogP) is 7.14. The van der Waals surface area contributed by atoms with Crippen LogP contribution in [-0.2, 0) is 0 Å². The fourth-order valence-corrected chi connectivity index (χ4v) is 4.92. The molecule has 0 bridgehead atoms. The van der Waals surface area contributed by atoms with Gasteiger partial charge in [0.25, 0.3) is 0 Å². The molecule has 180 valence electrons. The summed E-state index contributed by atoms with van der Waals surface area (Å²) in [6.07, 6.45) is 8.84. The summed E-state index contributed by atoms with van der Waals surface area (Å²) in [6.45, 7) is 11.6. The zero-order valence-electron chi connectivity index (χ0n) is 20.7. The molecule has 1 fully saturated rings. The molecule has 0 aliphatic carbocycles. The highest BCUT2D eigenvalue weighted by atomic mass is 16.3. The van der Waals surface area contributed by atoms with Crippen LogP contribution >= 0.6 is 0 Å². The molecule has 0 saturated carbocycles. The van der Waals surface area contributed by atoms with E-state index in [0.717, 1.165) is 35.2 Å². The summed E-state index contributed by atoms with van der Waals surface area (Å²) in [5.74, 6) is 0.794. The first-order chi connectivity index (χ1) is 16.6. The molecular weight excluding hydrogens is 418 g/mol. The van der Waals surface area contributed by atoms with Gasteiger partial charge in [-0.1, -0.05) is 74.2 Å². The van der Waals surface area contributed by atoms with E-state index in [1.807, 2.05) is 25.1 Å². The third kappa shape index (κ3) is 6.82. The monoisotopic (exact) mass is 457 g/mol. The van der Waals surface area contributed by atoms with Gasteiger partial charge in [0.15, 0.2) is 0 Å². The third-order valence-electron chi connectivity index (χ3n) is 6.76. The molecule has 0 spiro atoms. The highest BCUT2D eigenvalue weighted by Gasteiger charge is 2.20. The average molecular weight is 458 g/mol. The van der Waals surface area contributed by atoms with Crippen LogP contribution in [0.1, 0.15) is 62.1 Å². The minimum atomic E-state index is 0.142. The zero-order valence-corrected chi connectivity index (χ0v) is 20.7. The molecule has 1 saturated heterocycles. The maximum absolute atomic E-state index is 10.3. The maximum atomic E-state index is 10.3. The Morgan fingerprint density at radius 3 is 2.29 bits per heavy atom. The van der Waals surface area contributed by atoms with Gasteiger partial charge in [-0.3, -0.25) is 0 Å². The molecule has 1 aliphatic heterocycles. The molecule has 2 aromatic rings. The highest BCUT2D eigenvalue weighted by Crippen LogP contribution is 2.37. The molecule has 3 nitrogen and oxygen atoms in total. The van der Waals surface area contributed by atoms with Gasteiger partial charge in [-0.25, -0.2) is 0 Å². The van der Waals surface area contributed by atoms with E-state index in [1.165, 1.54) is 37.1 Å². The lowest BCUT2D eigenvalue weighted by Gasteiger charge is -2.31. The maximum Gasteiger partial charge on any atom is 0.115 e. The van der Waals surface area contributed by atoms with Crippen LogP contribution in [-0.4, -0.2) is 41.4 Å². The summed E-state index contributed by atoms with van der Waals surface area (Å²) in [6, 6.07) is 19.4. The highest BCUT2D eigenvalue weighted by molar-refractivity contribution is 5.98. The number of hydrogen-bond acceptors (Lipinski definition) is 3. The van der Waals surface area contributed by atoms with Gasteiger partial charge < -0.3 is 15.1 Å². The van der Waals surface area contributed by atoms with Crippen molar-refractivity contribution in [2.45, 2.75) is 45.4 Å². The Hall–Kier alpha value is -2.88. The first-order valence-corrected chi connectivity index (χ1v) is 12.5. The molecule has 0 radical (unpaired) electrons. The van der Waals surface area contributed by atoms with Crippen molar-refractivity contribution in [2.24, 2.45) is 0 Å². The summed E-state index contributed by atoms with van der Waals surface area (Å²) in [5.41, 5.74) is 6.95. The number of aliphatic hydroxyl groups excluding tert-OH is 2. The van der Waals surface area contributed by atoms with E-state index >= 15 is 0 Å². The van der Waals surface area contributed by atoms with E-state index in [4.69, 9.17) is 0 Å². The van der Waals surface area contributed by atoms with Crippen LogP contribution in [0.4, 0.5) is 0 Å². The number of allylic oxidation sites excluding steroid dienone is 6. The minimum absolute atomic E-state index is 0.142. The Morgan fingerprint density at radius 2 is 1.71 bits per heavy atom. The third-order valence-corrected chi connectivity index (χ3v) is 6.76. The fourth-order valence-electron chi connectivity index (χ4n) is 4.92. The number of nitrogens with zero attached hydrogens (tertiary/aromatic N) is 1. The summed E-state index contributed by atoms with van der Waals surface area (Å²) >= 11 is 0. The molecule has 2 aromatic carbocycles. The largest absolute Gasteiger partial charge is 0.508 e. The van der Waals surface area contributed by atoms with Crippen molar-refractivity contribution in [3.8, 4) is 0 Å². The summed E-state index contributed by atoms with van der Waals surface area (Å²) in [4.78, 5) is 2.52. The smallest absolute Gasteiger partial charge is 0.115 e. The first kappa shape index (κ1) is 25.7. The second-order valence-corrected chi connectivity index (χ2v) is 9.03. The SMILES string of the molecule is C=C\C=C(O)/C=C(C)/C(=C(\CCCO)c1ccccc1)c1ccc(C2CCN(CC)CC2)cc1. The number of rotatable bonds is 10. The number of aliphatic hydroxyl groups is 2. The Kier molecular flexibility index (Phi) is 9.93. The van der Waals surface area contributed by atoms with Crippen LogP contribution in [0.15, 0.2) is 90.7 Å². The Bertz CT molecular complexity index is 1010. The van der Waals surface area contributed by atoms with Crippen LogP contribution < -0.4 is 0 Å². The van der Waals surface area contributed by atoms with E-state index in [2.05, 4.69) is 54.8 Å². The zero-order chi connectivity index (χ0) is 24.3. The van der Waals surface area contributed by atoms with Crippen LogP contribution in [0, 0.1) is 0 Å². The summed E-state index contributed by atoms with van der Waals surface area (Å²) < 4.78 is 0. The van der Waals surface area contributed by atoms with Crippen molar-refractivity contribution in [2.75, 3.05) is 26.2 Å². The molecule has 0 unspecified atom stereocenters. The van der Waals surface area contributed by atoms with E-state index in [1.54, 1.807) is 18.2 Å². The Labute approximate surface area is 205 Å². The van der Waals surface area contributed by atoms with Crippen molar-refractivity contribution < 1.29 is 10.2 Å². The lowest BCUT2D eigenvalue weighted by atomic mass is 9.85. The van der Waals surface area contributed by atoms with Gasteiger partial charge in [0.1, 0.15) is 5.76 Å². The molecule has 1 heterocycles. The van der Waals surface area contributed by atoms with Gasteiger partial charge in [-0.05, 0) is 104 Å². The van der Waals surface area contributed by atoms with Gasteiger partial charge in [-0.15, -0.1) is 0 Å². The number of benzene rings is 2. The van der Waals surface area contributed by atoms with E-state index < -0.39 is 0 Å². The first-order valence-electron chi connectivity index (χ1n) is 12.5. The number of piperidine rings is 1. The quantitative estimate of drug-likeness (QED) is 0.226. The molecule has 2 N–H and O–H groups in total. The van der Waals surface area contributed by atoms with Gasteiger partial charge in [0.2, 0.25) is 0 Å². The van der Waals surface area contributed by atoms with Gasteiger partial charge in [-0.2, -0.15) is 0 Å². The lowest BCUT2D eigenvalue weighted by Crippen LogP contribution is -2.32. The number of hydrogen-bond donors (Lipinski definition) is 2. The van der Waals surface area contributed by atoms with Crippen LogP contribution in [0.2, 0.25) is 0 Å². The molecular formula is C31H39NO2. The minimum Gasteiger partial charge on any atom is -0.508 e. The predicted molar refractivity (Wildman–Crippen MR) is 145 cm³/mol. The van der Waals surface area contributed by atoms with Crippen LogP contribution in [0.25, 0.3) is 11.1 Å². The molecule has 34 heavy (non-hydrogen) atoms. The van der Waals surface area contributed by atoms with Crippen LogP contribution in [0.5, 0.6) is 0 Å². The van der Waals surface area contributed by atoms with Gasteiger partial charge >= 0.3 is 0 Å². The Balaban J connectivity index is 2.05. The summed E-state index contributed by atoms with van der Waals surface area (Å²) in [7, 11) is 0. The standard InChI is InChI=1S/C31H39NO2/c1-4-10-29(34)23-24(3)31(30(13-9-22-33)27-11-7-6-8-12-27)28-16-14-25(15-17-28)26-18-20-32(5-2)21-19-26/h4,6-8,10-12,14-17,23,26,33-34H,1,5,9,13,18-22H2,2-3H3/b24-23+,29-10+,31-30-. The second-order valence-electron chi connectivity index (χ2n) is 9.03. The van der Waals surface area contributed by atoms with Crippen molar-refractivity contribution in [3.05, 3.63) is 107 Å². The normalized spacial score (nSPS) is 16.9. The van der Waals surface area contributed by atoms with E-state index in [-0.39, 0.29) is 12.4 Å². The molecule has 0 atom stereocenters. The molecule has 3 rings (SSSR count). The fraction of sp³-hybridized carbons (Fsp3) is 0.355. The molecule has 3 heteroatoms. The second kappa shape index (κ2) is 13.1. The van der Waals surface area contributed by atoms with E-state index in [9.17, 15) is 10.2 Å². The number of likely N-dealkylation sites (tertiary alicyclic amines) is 1. The summed E-state index contributed by atoms with van der Waals surface area (Å²) in [5, 5.41) is 19.9.